The molecule has 1 fully saturated rings. The van der Waals surface area contributed by atoms with Crippen LogP contribution in [0.3, 0.4) is 0 Å². The van der Waals surface area contributed by atoms with Crippen molar-refractivity contribution in [1.29, 1.82) is 0 Å². The summed E-state index contributed by atoms with van der Waals surface area (Å²) in [5.41, 5.74) is 9.85. The fourth-order valence-corrected chi connectivity index (χ4v) is 4.98. The first kappa shape index (κ1) is 26.7. The van der Waals surface area contributed by atoms with E-state index in [1.807, 2.05) is 48.8 Å². The molecular weight excluding hydrogens is 464 g/mol. The first-order valence-corrected chi connectivity index (χ1v) is 13.2. The molecular formula is C27H40N10. The lowest BCUT2D eigenvalue weighted by Gasteiger charge is -2.42. The molecule has 0 bridgehead atoms. The van der Waals surface area contributed by atoms with Gasteiger partial charge in [-0.25, -0.2) is 9.50 Å². The van der Waals surface area contributed by atoms with Gasteiger partial charge in [0.05, 0.1) is 6.04 Å². The number of amidine groups is 1. The molecule has 1 aromatic carbocycles. The van der Waals surface area contributed by atoms with Crippen molar-refractivity contribution in [3.05, 3.63) is 54.0 Å². The second-order valence-corrected chi connectivity index (χ2v) is 10.2. The van der Waals surface area contributed by atoms with Crippen LogP contribution in [-0.4, -0.2) is 56.5 Å². The van der Waals surface area contributed by atoms with E-state index in [9.17, 15) is 0 Å². The van der Waals surface area contributed by atoms with E-state index >= 15 is 0 Å². The second-order valence-electron chi connectivity index (χ2n) is 10.2. The van der Waals surface area contributed by atoms with Crippen molar-refractivity contribution in [3.63, 3.8) is 0 Å². The van der Waals surface area contributed by atoms with Gasteiger partial charge in [-0.1, -0.05) is 25.5 Å². The van der Waals surface area contributed by atoms with Gasteiger partial charge in [-0.15, -0.1) is 5.10 Å². The summed E-state index contributed by atoms with van der Waals surface area (Å²) in [7, 11) is 2.27. The molecule has 3 unspecified atom stereocenters. The summed E-state index contributed by atoms with van der Waals surface area (Å²) >= 11 is 0. The van der Waals surface area contributed by atoms with Crippen LogP contribution < -0.4 is 16.4 Å². The van der Waals surface area contributed by atoms with Gasteiger partial charge < -0.3 is 21.3 Å². The van der Waals surface area contributed by atoms with Gasteiger partial charge in [-0.05, 0) is 76.1 Å². The van der Waals surface area contributed by atoms with Gasteiger partial charge in [0, 0.05) is 42.1 Å². The van der Waals surface area contributed by atoms with Crippen molar-refractivity contribution in [3.8, 4) is 0 Å². The number of nitrogens with one attached hydrogen (secondary N) is 2. The van der Waals surface area contributed by atoms with Crippen LogP contribution in [-0.2, 0) is 6.54 Å². The Hall–Kier alpha value is -3.37. The first-order chi connectivity index (χ1) is 17.9. The van der Waals surface area contributed by atoms with Gasteiger partial charge in [0.15, 0.2) is 11.7 Å². The molecule has 1 aliphatic rings. The number of rotatable bonds is 10. The molecule has 0 spiro atoms. The minimum absolute atomic E-state index is 0.0658. The standard InChI is InChI=1S/C27H40N10/c1-6-8-24-15-23(13-19(4)36(24)5)29-16-21-11-12-37-25(21)27(30-17-31-37)32-22-10-7-9-20(14-22)26(28)34-35-33-18(2)3/h7,9-12,14,17-19,23-24,29H,6,8,13,15-16H2,1-5H3,(H2,28,33,34)(H,30,31,32). The van der Waals surface area contributed by atoms with Crippen molar-refractivity contribution in [2.45, 2.75) is 84.1 Å². The molecule has 10 nitrogen and oxygen atoms in total. The Morgan fingerprint density at radius 2 is 2.08 bits per heavy atom. The molecule has 3 heterocycles. The van der Waals surface area contributed by atoms with Crippen LogP contribution in [0.4, 0.5) is 11.5 Å². The van der Waals surface area contributed by atoms with E-state index in [1.165, 1.54) is 19.3 Å². The maximum Gasteiger partial charge on any atom is 0.158 e. The highest BCUT2D eigenvalue weighted by Gasteiger charge is 2.30. The molecule has 0 saturated carbocycles. The lowest BCUT2D eigenvalue weighted by atomic mass is 9.90. The molecule has 0 amide bonds. The molecule has 10 heteroatoms. The zero-order valence-corrected chi connectivity index (χ0v) is 22.6. The largest absolute Gasteiger partial charge is 0.382 e. The van der Waals surface area contributed by atoms with Crippen LogP contribution in [0.25, 0.3) is 5.52 Å². The van der Waals surface area contributed by atoms with Crippen LogP contribution in [0.2, 0.25) is 0 Å². The van der Waals surface area contributed by atoms with Crippen LogP contribution >= 0.6 is 0 Å². The topological polar surface area (TPSA) is 121 Å². The predicted octanol–water partition coefficient (Wildman–Crippen LogP) is 4.69. The predicted molar refractivity (Wildman–Crippen MR) is 149 cm³/mol. The average molecular weight is 505 g/mol. The molecule has 0 radical (unpaired) electrons. The van der Waals surface area contributed by atoms with Crippen molar-refractivity contribution < 1.29 is 0 Å². The summed E-state index contributed by atoms with van der Waals surface area (Å²) in [6, 6.07) is 11.6. The van der Waals surface area contributed by atoms with Gasteiger partial charge >= 0.3 is 0 Å². The number of benzene rings is 1. The zero-order chi connectivity index (χ0) is 26.4. The van der Waals surface area contributed by atoms with E-state index in [0.717, 1.165) is 41.1 Å². The summed E-state index contributed by atoms with van der Waals surface area (Å²) < 4.78 is 1.87. The third-order valence-electron chi connectivity index (χ3n) is 7.05. The highest BCUT2D eigenvalue weighted by molar-refractivity contribution is 5.98. The Kier molecular flexibility index (Phi) is 8.83. The maximum atomic E-state index is 6.13. The van der Waals surface area contributed by atoms with E-state index in [-0.39, 0.29) is 6.04 Å². The summed E-state index contributed by atoms with van der Waals surface area (Å²) in [5.74, 6) is 1.05. The van der Waals surface area contributed by atoms with Gasteiger partial charge in [0.1, 0.15) is 11.8 Å². The molecule has 1 aliphatic heterocycles. The minimum atomic E-state index is 0.0658. The quantitative estimate of drug-likeness (QED) is 0.159. The molecule has 4 rings (SSSR count). The first-order valence-electron chi connectivity index (χ1n) is 13.2. The van der Waals surface area contributed by atoms with E-state index in [4.69, 9.17) is 5.73 Å². The van der Waals surface area contributed by atoms with Crippen molar-refractivity contribution in [1.82, 2.24) is 24.8 Å². The lowest BCUT2D eigenvalue weighted by Crippen LogP contribution is -2.51. The zero-order valence-electron chi connectivity index (χ0n) is 22.6. The normalized spacial score (nSPS) is 21.4. The molecule has 3 atom stereocenters. The molecule has 2 aromatic heterocycles. The van der Waals surface area contributed by atoms with Gasteiger partial charge in [-0.2, -0.15) is 10.2 Å². The van der Waals surface area contributed by atoms with E-state index in [1.54, 1.807) is 6.33 Å². The Bertz CT molecular complexity index is 1230. The molecule has 4 N–H and O–H groups in total. The second kappa shape index (κ2) is 12.2. The van der Waals surface area contributed by atoms with Crippen molar-refractivity contribution >= 4 is 22.9 Å². The molecule has 37 heavy (non-hydrogen) atoms. The number of aromatic nitrogens is 3. The fraction of sp³-hybridized carbons (Fsp3) is 0.519. The van der Waals surface area contributed by atoms with Gasteiger partial charge in [0.25, 0.3) is 0 Å². The summed E-state index contributed by atoms with van der Waals surface area (Å²) in [4.78, 5) is 7.10. The summed E-state index contributed by atoms with van der Waals surface area (Å²) in [6.45, 7) is 9.24. The summed E-state index contributed by atoms with van der Waals surface area (Å²) in [5, 5.41) is 23.5. The van der Waals surface area contributed by atoms with Crippen LogP contribution in [0.1, 0.15) is 64.5 Å². The van der Waals surface area contributed by atoms with Gasteiger partial charge in [0.2, 0.25) is 0 Å². The Labute approximate surface area is 219 Å². The molecule has 1 saturated heterocycles. The Balaban J connectivity index is 1.50. The SMILES string of the molecule is CCCC1CC(NCc2ccn3ncnc(Nc4cccc(/C(N)=N/N=NC(C)C)c4)c23)CC(C)N1C. The number of piperidine rings is 1. The number of anilines is 2. The monoisotopic (exact) mass is 504 g/mol. The maximum absolute atomic E-state index is 6.13. The highest BCUT2D eigenvalue weighted by Crippen LogP contribution is 2.27. The van der Waals surface area contributed by atoms with Crippen LogP contribution in [0, 0.1) is 0 Å². The van der Waals surface area contributed by atoms with Gasteiger partial charge in [-0.3, -0.25) is 0 Å². The minimum Gasteiger partial charge on any atom is -0.382 e. The van der Waals surface area contributed by atoms with Crippen molar-refractivity contribution in [2.24, 2.45) is 21.2 Å². The number of likely N-dealkylation sites (tertiary alicyclic amines) is 1. The molecule has 3 aromatic rings. The van der Waals surface area contributed by atoms with E-state index in [0.29, 0.717) is 24.0 Å². The number of fused-ring (bicyclic) bond motifs is 1. The lowest BCUT2D eigenvalue weighted by molar-refractivity contribution is 0.0946. The fourth-order valence-electron chi connectivity index (χ4n) is 4.98. The third kappa shape index (κ3) is 6.69. The molecule has 0 aliphatic carbocycles. The van der Waals surface area contributed by atoms with Crippen LogP contribution in [0.15, 0.2) is 58.3 Å². The smallest absolute Gasteiger partial charge is 0.158 e. The van der Waals surface area contributed by atoms with Crippen molar-refractivity contribution in [2.75, 3.05) is 12.4 Å². The third-order valence-corrected chi connectivity index (χ3v) is 7.05. The Morgan fingerprint density at radius 3 is 2.86 bits per heavy atom. The number of hydrogen-bond acceptors (Lipinski definition) is 7. The average Bonchev–Trinajstić information content (AvgIpc) is 3.30. The number of nitrogens with zero attached hydrogens (tertiary/aromatic N) is 7. The van der Waals surface area contributed by atoms with E-state index in [2.05, 4.69) is 68.0 Å². The number of nitrogens with two attached hydrogens (primary N) is 1. The van der Waals surface area contributed by atoms with E-state index < -0.39 is 0 Å². The highest BCUT2D eigenvalue weighted by atomic mass is 15.4. The summed E-state index contributed by atoms with van der Waals surface area (Å²) in [6.07, 6.45) is 8.32. The number of hydrogen-bond donors (Lipinski definition) is 3. The van der Waals surface area contributed by atoms with Crippen LogP contribution in [0.5, 0.6) is 0 Å². The molecule has 198 valence electrons. The Morgan fingerprint density at radius 1 is 1.24 bits per heavy atom.